The van der Waals surface area contributed by atoms with Crippen molar-refractivity contribution < 1.29 is 4.42 Å². The van der Waals surface area contributed by atoms with E-state index < -0.39 is 0 Å². The van der Waals surface area contributed by atoms with Crippen molar-refractivity contribution in [2.75, 3.05) is 4.90 Å². The molecular formula is C56H40N2O. The molecule has 0 radical (unpaired) electrons. The molecule has 0 atom stereocenters. The third-order valence-electron chi connectivity index (χ3n) is 12.2. The van der Waals surface area contributed by atoms with Crippen molar-refractivity contribution in [2.24, 2.45) is 0 Å². The molecule has 1 aliphatic carbocycles. The Balaban J connectivity index is 1.14. The van der Waals surface area contributed by atoms with Crippen LogP contribution in [-0.2, 0) is 5.41 Å². The molecule has 2 heterocycles. The lowest BCUT2D eigenvalue weighted by atomic mass is 9.82. The smallest absolute Gasteiger partial charge is 0.137 e. The number of aromatic nitrogens is 1. The molecule has 1 aliphatic rings. The van der Waals surface area contributed by atoms with Gasteiger partial charge in [-0.3, -0.25) is 4.90 Å². The summed E-state index contributed by atoms with van der Waals surface area (Å²) in [5, 5.41) is 2.22. The van der Waals surface area contributed by atoms with Gasteiger partial charge >= 0.3 is 0 Å². The maximum Gasteiger partial charge on any atom is 0.137 e. The molecule has 0 saturated carbocycles. The Hall–Kier alpha value is -7.49. The zero-order valence-electron chi connectivity index (χ0n) is 32.9. The van der Waals surface area contributed by atoms with Gasteiger partial charge < -0.3 is 4.42 Å². The highest BCUT2D eigenvalue weighted by molar-refractivity contribution is 6.06. The van der Waals surface area contributed by atoms with E-state index in [2.05, 4.69) is 207 Å². The van der Waals surface area contributed by atoms with Crippen LogP contribution in [0.4, 0.5) is 17.2 Å². The minimum atomic E-state index is -0.171. The van der Waals surface area contributed by atoms with Gasteiger partial charge in [-0.1, -0.05) is 166 Å². The van der Waals surface area contributed by atoms with E-state index in [-0.39, 0.29) is 5.41 Å². The summed E-state index contributed by atoms with van der Waals surface area (Å²) in [6, 6.07) is 71.8. The highest BCUT2D eigenvalue weighted by Crippen LogP contribution is 2.52. The van der Waals surface area contributed by atoms with E-state index >= 15 is 0 Å². The van der Waals surface area contributed by atoms with Crippen LogP contribution in [0.1, 0.15) is 25.0 Å². The largest absolute Gasteiger partial charge is 0.456 e. The van der Waals surface area contributed by atoms with Crippen molar-refractivity contribution in [2.45, 2.75) is 19.3 Å². The number of anilines is 3. The number of hydrogen-bond donors (Lipinski definition) is 0. The zero-order valence-corrected chi connectivity index (χ0v) is 32.9. The van der Waals surface area contributed by atoms with Gasteiger partial charge in [0.25, 0.3) is 0 Å². The Labute approximate surface area is 344 Å². The zero-order chi connectivity index (χ0) is 39.5. The number of nitrogens with zero attached hydrogens (tertiary/aromatic N) is 2. The first-order valence-electron chi connectivity index (χ1n) is 20.3. The lowest BCUT2D eigenvalue weighted by molar-refractivity contribution is 0.660. The first kappa shape index (κ1) is 34.7. The number of hydrogen-bond acceptors (Lipinski definition) is 3. The van der Waals surface area contributed by atoms with Gasteiger partial charge in [0.1, 0.15) is 17.0 Å². The van der Waals surface area contributed by atoms with Crippen LogP contribution in [0.2, 0.25) is 0 Å². The fourth-order valence-corrected chi connectivity index (χ4v) is 9.26. The van der Waals surface area contributed by atoms with Gasteiger partial charge in [0.05, 0.1) is 5.69 Å². The fraction of sp³-hybridized carbons (Fsp3) is 0.0536. The van der Waals surface area contributed by atoms with Crippen molar-refractivity contribution >= 4 is 39.1 Å². The third kappa shape index (κ3) is 5.77. The lowest BCUT2D eigenvalue weighted by Gasteiger charge is -2.30. The number of rotatable bonds is 7. The number of furan rings is 1. The minimum absolute atomic E-state index is 0.171. The van der Waals surface area contributed by atoms with Crippen molar-refractivity contribution in [3.63, 3.8) is 0 Å². The molecule has 10 aromatic rings. The minimum Gasteiger partial charge on any atom is -0.456 e. The van der Waals surface area contributed by atoms with Crippen LogP contribution < -0.4 is 4.90 Å². The Morgan fingerprint density at radius 1 is 0.424 bits per heavy atom. The van der Waals surface area contributed by atoms with E-state index in [1.807, 2.05) is 18.3 Å². The number of benzene rings is 8. The van der Waals surface area contributed by atoms with Crippen LogP contribution in [0, 0.1) is 0 Å². The van der Waals surface area contributed by atoms with Crippen LogP contribution in [-0.4, -0.2) is 4.98 Å². The number of fused-ring (bicyclic) bond motifs is 6. The highest BCUT2D eigenvalue weighted by atomic mass is 16.3. The second kappa shape index (κ2) is 13.9. The monoisotopic (exact) mass is 756 g/mol. The first-order chi connectivity index (χ1) is 29.0. The molecule has 0 N–H and O–H groups in total. The van der Waals surface area contributed by atoms with Crippen molar-refractivity contribution in [3.05, 3.63) is 218 Å². The van der Waals surface area contributed by atoms with Crippen LogP contribution in [0.15, 0.2) is 211 Å². The summed E-state index contributed by atoms with van der Waals surface area (Å²) >= 11 is 0. The van der Waals surface area contributed by atoms with E-state index in [0.717, 1.165) is 72.5 Å². The molecule has 59 heavy (non-hydrogen) atoms. The number of para-hydroxylation sites is 1. The van der Waals surface area contributed by atoms with Crippen LogP contribution in [0.25, 0.3) is 77.6 Å². The Kier molecular flexibility index (Phi) is 8.16. The van der Waals surface area contributed by atoms with Crippen LogP contribution >= 0.6 is 0 Å². The van der Waals surface area contributed by atoms with Crippen LogP contribution in [0.5, 0.6) is 0 Å². The molecule has 0 aliphatic heterocycles. The molecule has 8 aromatic carbocycles. The standard InChI is InChI=1S/C56H40N2O/c1-56(2)49-25-13-11-21-44(49)45-31-30-41(35-50(45)56)58(54-33-29-40(36-57-54)39-28-32-53-48(34-39)46-22-12-14-27-52(46)59-53)51-26-15-24-43(38-18-7-4-8-19-38)55(51)47-23-10-9-20-42(47)37-16-5-3-6-17-37/h3-36H,1-2H3. The molecule has 280 valence electrons. The molecule has 0 fully saturated rings. The van der Waals surface area contributed by atoms with E-state index in [1.165, 1.54) is 33.4 Å². The molecule has 3 heteroatoms. The summed E-state index contributed by atoms with van der Waals surface area (Å²) in [6.07, 6.45) is 2.01. The highest BCUT2D eigenvalue weighted by Gasteiger charge is 2.36. The normalized spacial score (nSPS) is 12.7. The fourth-order valence-electron chi connectivity index (χ4n) is 9.26. The summed E-state index contributed by atoms with van der Waals surface area (Å²) in [5.74, 6) is 0.834. The second-order valence-electron chi connectivity index (χ2n) is 15.9. The SMILES string of the molecule is CC1(C)c2ccccc2-c2ccc(N(c3ccc(-c4ccc5oc6ccccc6c5c4)cn3)c3cccc(-c4ccccc4)c3-c3ccccc3-c3ccccc3)cc21. The summed E-state index contributed by atoms with van der Waals surface area (Å²) in [6.45, 7) is 4.69. The van der Waals surface area contributed by atoms with Crippen molar-refractivity contribution in [1.29, 1.82) is 0 Å². The summed E-state index contributed by atoms with van der Waals surface area (Å²) in [5.41, 5.74) is 18.1. The van der Waals surface area contributed by atoms with Gasteiger partial charge in [-0.25, -0.2) is 4.98 Å². The van der Waals surface area contributed by atoms with Gasteiger partial charge in [-0.2, -0.15) is 0 Å². The Morgan fingerprint density at radius 3 is 1.83 bits per heavy atom. The summed E-state index contributed by atoms with van der Waals surface area (Å²) in [7, 11) is 0. The molecule has 0 amide bonds. The Bertz CT molecular complexity index is 3180. The van der Waals surface area contributed by atoms with Gasteiger partial charge in [0, 0.05) is 39.2 Å². The van der Waals surface area contributed by atoms with E-state index in [4.69, 9.17) is 9.40 Å². The predicted molar refractivity (Wildman–Crippen MR) is 246 cm³/mol. The van der Waals surface area contributed by atoms with Gasteiger partial charge in [0.15, 0.2) is 0 Å². The first-order valence-corrected chi connectivity index (χ1v) is 20.3. The molecule has 0 saturated heterocycles. The topological polar surface area (TPSA) is 29.3 Å². The molecule has 11 rings (SSSR count). The lowest BCUT2D eigenvalue weighted by Crippen LogP contribution is -2.17. The average molecular weight is 757 g/mol. The van der Waals surface area contributed by atoms with Crippen molar-refractivity contribution in [3.8, 4) is 55.6 Å². The molecule has 2 aromatic heterocycles. The van der Waals surface area contributed by atoms with E-state index in [9.17, 15) is 0 Å². The second-order valence-corrected chi connectivity index (χ2v) is 15.9. The summed E-state index contributed by atoms with van der Waals surface area (Å²) in [4.78, 5) is 7.69. The number of pyridine rings is 1. The maximum atomic E-state index is 6.16. The van der Waals surface area contributed by atoms with E-state index in [1.54, 1.807) is 0 Å². The van der Waals surface area contributed by atoms with E-state index in [0.29, 0.717) is 0 Å². The van der Waals surface area contributed by atoms with Gasteiger partial charge in [0.2, 0.25) is 0 Å². The summed E-state index contributed by atoms with van der Waals surface area (Å²) < 4.78 is 6.16. The predicted octanol–water partition coefficient (Wildman–Crippen LogP) is 15.4. The average Bonchev–Trinajstić information content (AvgIpc) is 3.78. The molecule has 0 spiro atoms. The quantitative estimate of drug-likeness (QED) is 0.162. The molecular weight excluding hydrogens is 717 g/mol. The molecule has 0 bridgehead atoms. The van der Waals surface area contributed by atoms with Crippen molar-refractivity contribution in [1.82, 2.24) is 4.98 Å². The molecule has 0 unspecified atom stereocenters. The maximum absolute atomic E-state index is 6.16. The molecule has 3 nitrogen and oxygen atoms in total. The van der Waals surface area contributed by atoms with Crippen LogP contribution in [0.3, 0.4) is 0 Å². The van der Waals surface area contributed by atoms with Gasteiger partial charge in [-0.15, -0.1) is 0 Å². The third-order valence-corrected chi connectivity index (χ3v) is 12.2. The van der Waals surface area contributed by atoms with Gasteiger partial charge in [-0.05, 0) is 104 Å². The Morgan fingerprint density at radius 2 is 1.05 bits per heavy atom.